The minimum absolute atomic E-state index is 0.0724. The van der Waals surface area contributed by atoms with Gasteiger partial charge < -0.3 is 20.5 Å². The van der Waals surface area contributed by atoms with Crippen molar-refractivity contribution in [2.45, 2.75) is 12.1 Å². The Balaban J connectivity index is 2.03. The Morgan fingerprint density at radius 3 is 2.50 bits per heavy atom. The molecule has 0 saturated carbocycles. The molecule has 5 heteroatoms. The highest BCUT2D eigenvalue weighted by Gasteiger charge is 2.20. The summed E-state index contributed by atoms with van der Waals surface area (Å²) in [6, 6.07) is 7.21. The Morgan fingerprint density at radius 1 is 1.25 bits per heavy atom. The normalized spacial score (nSPS) is 21.1. The van der Waals surface area contributed by atoms with Crippen molar-refractivity contribution in [3.63, 3.8) is 0 Å². The van der Waals surface area contributed by atoms with Crippen LogP contribution in [-0.2, 0) is 9.53 Å². The van der Waals surface area contributed by atoms with Crippen LogP contribution in [0.5, 0.6) is 5.75 Å². The molecule has 0 aromatic heterocycles. The maximum Gasteiger partial charge on any atom is 0.337 e. The summed E-state index contributed by atoms with van der Waals surface area (Å²) in [5.74, 6) is 0.423. The van der Waals surface area contributed by atoms with Crippen LogP contribution in [0.4, 0.5) is 5.69 Å². The molecule has 20 heavy (non-hydrogen) atoms. The second-order valence-corrected chi connectivity index (χ2v) is 4.45. The van der Waals surface area contributed by atoms with E-state index in [-0.39, 0.29) is 18.1 Å². The molecular formula is C15H18N2O3. The standard InChI is InChI=1S/C15H18N2O3/c1-19-12-6-4-11(5-7-12)17-14-8-3-10(9-13(14)16)15(18)20-2/h3-9,13-14,17H,16H2,1-2H3. The lowest BCUT2D eigenvalue weighted by atomic mass is 9.98. The topological polar surface area (TPSA) is 73.6 Å². The SMILES string of the molecule is COC(=O)C1=CC(N)C(Nc2ccc(OC)cc2)C=C1. The van der Waals surface area contributed by atoms with E-state index in [1.54, 1.807) is 19.3 Å². The zero-order valence-corrected chi connectivity index (χ0v) is 11.5. The van der Waals surface area contributed by atoms with Crippen LogP contribution >= 0.6 is 0 Å². The van der Waals surface area contributed by atoms with E-state index in [1.165, 1.54) is 7.11 Å². The van der Waals surface area contributed by atoms with Gasteiger partial charge in [-0.15, -0.1) is 0 Å². The summed E-state index contributed by atoms with van der Waals surface area (Å²) in [6.45, 7) is 0. The molecule has 0 amide bonds. The monoisotopic (exact) mass is 274 g/mol. The summed E-state index contributed by atoms with van der Waals surface area (Å²) < 4.78 is 9.77. The molecule has 2 atom stereocenters. The molecule has 3 N–H and O–H groups in total. The molecule has 0 bridgehead atoms. The van der Waals surface area contributed by atoms with Crippen molar-refractivity contribution in [3.05, 3.63) is 48.1 Å². The number of rotatable bonds is 4. The number of methoxy groups -OCH3 is 2. The zero-order valence-electron chi connectivity index (χ0n) is 11.5. The van der Waals surface area contributed by atoms with Gasteiger partial charge in [0.1, 0.15) is 5.75 Å². The molecule has 1 aliphatic carbocycles. The van der Waals surface area contributed by atoms with Gasteiger partial charge in [0.2, 0.25) is 0 Å². The number of nitrogens with two attached hydrogens (primary N) is 1. The predicted octanol–water partition coefficient (Wildman–Crippen LogP) is 1.47. The number of carbonyl (C=O) groups excluding carboxylic acids is 1. The number of hydrogen-bond acceptors (Lipinski definition) is 5. The Hall–Kier alpha value is -2.27. The second kappa shape index (κ2) is 6.25. The summed E-state index contributed by atoms with van der Waals surface area (Å²) in [4.78, 5) is 11.4. The fourth-order valence-electron chi connectivity index (χ4n) is 1.98. The molecule has 5 nitrogen and oxygen atoms in total. The molecule has 1 aromatic carbocycles. The van der Waals surface area contributed by atoms with E-state index in [0.717, 1.165) is 11.4 Å². The molecule has 2 rings (SSSR count). The van der Waals surface area contributed by atoms with Crippen molar-refractivity contribution in [1.29, 1.82) is 0 Å². The first-order valence-electron chi connectivity index (χ1n) is 6.28. The minimum atomic E-state index is -0.375. The molecule has 1 aliphatic rings. The van der Waals surface area contributed by atoms with Crippen LogP contribution in [0.25, 0.3) is 0 Å². The van der Waals surface area contributed by atoms with Crippen LogP contribution in [0.15, 0.2) is 48.1 Å². The highest BCUT2D eigenvalue weighted by Crippen LogP contribution is 2.19. The second-order valence-electron chi connectivity index (χ2n) is 4.45. The van der Waals surface area contributed by atoms with Crippen LogP contribution in [0.1, 0.15) is 0 Å². The highest BCUT2D eigenvalue weighted by molar-refractivity contribution is 5.92. The molecular weight excluding hydrogens is 256 g/mol. The maximum atomic E-state index is 11.4. The molecule has 0 radical (unpaired) electrons. The molecule has 0 aliphatic heterocycles. The predicted molar refractivity (Wildman–Crippen MR) is 77.6 cm³/mol. The fraction of sp³-hybridized carbons (Fsp3) is 0.267. The first-order valence-corrected chi connectivity index (χ1v) is 6.28. The Morgan fingerprint density at radius 2 is 1.95 bits per heavy atom. The fourth-order valence-corrected chi connectivity index (χ4v) is 1.98. The lowest BCUT2D eigenvalue weighted by molar-refractivity contribution is -0.135. The van der Waals surface area contributed by atoms with Gasteiger partial charge in [-0.1, -0.05) is 12.2 Å². The number of anilines is 1. The molecule has 1 aromatic rings. The first-order chi connectivity index (χ1) is 9.63. The van der Waals surface area contributed by atoms with Gasteiger partial charge in [0, 0.05) is 11.7 Å². The summed E-state index contributed by atoms with van der Waals surface area (Å²) >= 11 is 0. The lowest BCUT2D eigenvalue weighted by Crippen LogP contribution is -2.39. The number of carbonyl (C=O) groups is 1. The van der Waals surface area contributed by atoms with E-state index < -0.39 is 0 Å². The Bertz CT molecular complexity index is 535. The molecule has 106 valence electrons. The average Bonchev–Trinajstić information content (AvgIpc) is 2.49. The van der Waals surface area contributed by atoms with E-state index in [4.69, 9.17) is 10.5 Å². The first kappa shape index (κ1) is 14.1. The maximum absolute atomic E-state index is 11.4. The summed E-state index contributed by atoms with van der Waals surface area (Å²) in [5, 5.41) is 3.30. The smallest absolute Gasteiger partial charge is 0.337 e. The minimum Gasteiger partial charge on any atom is -0.497 e. The number of nitrogens with one attached hydrogen (secondary N) is 1. The molecule has 0 saturated heterocycles. The summed E-state index contributed by atoms with van der Waals surface area (Å²) in [7, 11) is 2.98. The van der Waals surface area contributed by atoms with Gasteiger partial charge in [-0.3, -0.25) is 0 Å². The zero-order chi connectivity index (χ0) is 14.5. The number of hydrogen-bond donors (Lipinski definition) is 2. The largest absolute Gasteiger partial charge is 0.497 e. The lowest BCUT2D eigenvalue weighted by Gasteiger charge is -2.24. The van der Waals surface area contributed by atoms with Crippen molar-refractivity contribution in [2.24, 2.45) is 5.73 Å². The third-order valence-corrected chi connectivity index (χ3v) is 3.11. The third kappa shape index (κ3) is 3.19. The number of esters is 1. The van der Waals surface area contributed by atoms with Gasteiger partial charge >= 0.3 is 5.97 Å². The van der Waals surface area contributed by atoms with Crippen LogP contribution in [0.2, 0.25) is 0 Å². The number of benzene rings is 1. The van der Waals surface area contributed by atoms with Crippen LogP contribution in [0.3, 0.4) is 0 Å². The van der Waals surface area contributed by atoms with Gasteiger partial charge in [0.05, 0.1) is 25.8 Å². The molecule has 0 fully saturated rings. The van der Waals surface area contributed by atoms with Crippen molar-refractivity contribution in [1.82, 2.24) is 0 Å². The van der Waals surface area contributed by atoms with Crippen molar-refractivity contribution in [3.8, 4) is 5.75 Å². The van der Waals surface area contributed by atoms with Gasteiger partial charge in [0.25, 0.3) is 0 Å². The van der Waals surface area contributed by atoms with E-state index >= 15 is 0 Å². The van der Waals surface area contributed by atoms with Crippen LogP contribution in [0, 0.1) is 0 Å². The van der Waals surface area contributed by atoms with Gasteiger partial charge in [0.15, 0.2) is 0 Å². The van der Waals surface area contributed by atoms with Gasteiger partial charge in [-0.25, -0.2) is 4.79 Å². The molecule has 0 heterocycles. The van der Waals surface area contributed by atoms with Gasteiger partial charge in [-0.05, 0) is 30.3 Å². The van der Waals surface area contributed by atoms with Crippen molar-refractivity contribution >= 4 is 11.7 Å². The summed E-state index contributed by atoms with van der Waals surface area (Å²) in [6.07, 6.45) is 5.28. The Labute approximate surface area is 118 Å². The Kier molecular flexibility index (Phi) is 4.42. The quantitative estimate of drug-likeness (QED) is 0.813. The van der Waals surface area contributed by atoms with E-state index in [9.17, 15) is 4.79 Å². The molecule has 2 unspecified atom stereocenters. The van der Waals surface area contributed by atoms with Crippen molar-refractivity contribution < 1.29 is 14.3 Å². The van der Waals surface area contributed by atoms with Crippen molar-refractivity contribution in [2.75, 3.05) is 19.5 Å². The summed E-state index contributed by atoms with van der Waals surface area (Å²) in [5.41, 5.74) is 7.46. The van der Waals surface area contributed by atoms with E-state index in [0.29, 0.717) is 5.57 Å². The van der Waals surface area contributed by atoms with E-state index in [1.807, 2.05) is 30.3 Å². The van der Waals surface area contributed by atoms with E-state index in [2.05, 4.69) is 10.1 Å². The number of ether oxygens (including phenoxy) is 2. The highest BCUT2D eigenvalue weighted by atomic mass is 16.5. The van der Waals surface area contributed by atoms with Crippen LogP contribution < -0.4 is 15.8 Å². The van der Waals surface area contributed by atoms with Gasteiger partial charge in [-0.2, -0.15) is 0 Å². The average molecular weight is 274 g/mol. The molecule has 0 spiro atoms. The third-order valence-electron chi connectivity index (χ3n) is 3.11. The van der Waals surface area contributed by atoms with Crippen LogP contribution in [-0.4, -0.2) is 32.3 Å².